The molecule has 3 rings (SSSR count). The van der Waals surface area contributed by atoms with E-state index in [1.54, 1.807) is 0 Å². The maximum atomic E-state index is 7.50. The molecule has 3 aromatic carbocycles. The number of benzene rings is 3. The Morgan fingerprint density at radius 1 is 0.629 bits per heavy atom. The first-order valence-corrected chi connectivity index (χ1v) is 19.6. The summed E-state index contributed by atoms with van der Waals surface area (Å²) in [4.78, 5) is 2.29. The quantitative estimate of drug-likeness (QED) is 0.143. The summed E-state index contributed by atoms with van der Waals surface area (Å²) in [5.74, 6) is 0. The molecule has 0 aliphatic carbocycles. The molecule has 0 atom stereocenters. The predicted octanol–water partition coefficient (Wildman–Crippen LogP) is 5.75. The van der Waals surface area contributed by atoms with Crippen LogP contribution < -0.4 is 15.9 Å². The van der Waals surface area contributed by atoms with E-state index in [4.69, 9.17) is 14.0 Å². The van der Waals surface area contributed by atoms with Crippen LogP contribution in [-0.4, -0.2) is 17.0 Å². The molecule has 0 heterocycles. The van der Waals surface area contributed by atoms with Gasteiger partial charge in [0.25, 0.3) is 0 Å². The Balaban J connectivity index is 0. The Morgan fingerprint density at radius 2 is 0.886 bits per heavy atom. The van der Waals surface area contributed by atoms with Crippen molar-refractivity contribution >= 4 is 37.1 Å². The van der Waals surface area contributed by atoms with E-state index in [9.17, 15) is 0 Å². The van der Waals surface area contributed by atoms with Crippen LogP contribution >= 0.6 is 21.2 Å². The average molecular weight is 722 g/mol. The molecule has 0 saturated heterocycles. The summed E-state index contributed by atoms with van der Waals surface area (Å²) in [6.07, 6.45) is 0. The molecule has 0 N–H and O–H groups in total. The van der Waals surface area contributed by atoms with E-state index in [1.165, 1.54) is 15.9 Å². The van der Waals surface area contributed by atoms with Crippen LogP contribution in [0.1, 0.15) is 27.7 Å². The van der Waals surface area contributed by atoms with Gasteiger partial charge in [0.15, 0.2) is 0 Å². The first-order valence-electron chi connectivity index (χ1n) is 10.4. The van der Waals surface area contributed by atoms with Crippen molar-refractivity contribution in [3.05, 3.63) is 111 Å². The molecule has 0 aliphatic rings. The van der Waals surface area contributed by atoms with E-state index in [2.05, 4.69) is 161 Å². The number of rotatable bonds is 5. The van der Waals surface area contributed by atoms with Gasteiger partial charge in [-0.05, 0) is 23.8 Å². The molecule has 0 aliphatic heterocycles. The van der Waals surface area contributed by atoms with Gasteiger partial charge >= 0.3 is 112 Å². The van der Waals surface area contributed by atoms with Gasteiger partial charge in [-0.15, -0.1) is 0 Å². The minimum absolute atomic E-state index is 0.441. The van der Waals surface area contributed by atoms with Gasteiger partial charge < -0.3 is 0 Å². The fourth-order valence-electron chi connectivity index (χ4n) is 3.03. The maximum absolute atomic E-state index is 7.50. The van der Waals surface area contributed by atoms with Gasteiger partial charge in [-0.25, -0.2) is 0 Å². The van der Waals surface area contributed by atoms with Crippen molar-refractivity contribution in [3.63, 3.8) is 0 Å². The van der Waals surface area contributed by atoms with Gasteiger partial charge in [0, 0.05) is 0 Å². The predicted molar refractivity (Wildman–Crippen MR) is 142 cm³/mol. The summed E-state index contributed by atoms with van der Waals surface area (Å²) in [5, 5.41) is 4.19. The summed E-state index contributed by atoms with van der Waals surface area (Å²) >= 11 is 3.06. The normalized spacial score (nSPS) is 9.00. The summed E-state index contributed by atoms with van der Waals surface area (Å²) in [6.45, 7) is 22.3. The molecule has 0 saturated carbocycles. The van der Waals surface area contributed by atoms with Gasteiger partial charge in [-0.2, -0.15) is 0 Å². The molecule has 0 amide bonds. The molecular weight excluding hydrogens is 693 g/mol. The molecule has 0 radical (unpaired) electrons. The zero-order valence-electron chi connectivity index (χ0n) is 20.2. The van der Waals surface area contributed by atoms with Gasteiger partial charge in [0.2, 0.25) is 0 Å². The molecule has 0 fully saturated rings. The monoisotopic (exact) mass is 721 g/mol. The van der Waals surface area contributed by atoms with E-state index in [1.807, 2.05) is 0 Å². The summed E-state index contributed by atoms with van der Waals surface area (Å²) in [5.41, 5.74) is 0. The standard InChI is InChI=1S/C18H15P.C7H14N.3CO.BrH.W/c1-4-10-16(11-5-1)19(17-12-6-2-7-13-17)18-14-8-3-9-15-18;1-6(2)8(5)7(3)4;3*1-2;;/h1-15H;6-7H,1-4H3;;;;1H;/q;;;;;;+1/p-1. The number of nitrogens with zero attached hydrogens (tertiary/aromatic N) is 1. The molecule has 182 valence electrons. The summed E-state index contributed by atoms with van der Waals surface area (Å²) in [6, 6.07) is 33.5. The molecule has 0 unspecified atom stereocenters. The second kappa shape index (κ2) is 23.9. The molecule has 0 spiro atoms. The number of hydrogen-bond donors (Lipinski definition) is 0. The Morgan fingerprint density at radius 3 is 1.06 bits per heavy atom. The molecule has 7 heteroatoms. The maximum Gasteiger partial charge on any atom is -0.0134 e. The topological polar surface area (TPSA) is 62.9 Å². The third kappa shape index (κ3) is 14.4. The molecule has 3 aromatic rings. The molecule has 0 aromatic heterocycles. The van der Waals surface area contributed by atoms with Crippen LogP contribution in [0.3, 0.4) is 0 Å². The largest absolute Gasteiger partial charge is 0.0622 e. The zero-order valence-corrected chi connectivity index (χ0v) is 25.6. The summed E-state index contributed by atoms with van der Waals surface area (Å²) in [7, 11) is -0.446. The average Bonchev–Trinajstić information content (AvgIpc) is 2.93. The summed E-state index contributed by atoms with van der Waals surface area (Å²) < 4.78 is 25.9. The van der Waals surface area contributed by atoms with Crippen LogP contribution in [0, 0.1) is 24.3 Å². The minimum atomic E-state index is -0.446. The molecule has 4 nitrogen and oxygen atoms in total. The fraction of sp³-hybridized carbons (Fsp3) is 0.214. The van der Waals surface area contributed by atoms with Crippen molar-refractivity contribution in [2.75, 3.05) is 0 Å². The van der Waals surface area contributed by atoms with E-state index >= 15 is 0 Å². The van der Waals surface area contributed by atoms with Crippen molar-refractivity contribution in [2.24, 2.45) is 0 Å². The smallest absolute Gasteiger partial charge is 0.0134 e. The second-order valence-corrected chi connectivity index (χ2v) is 13.2. The van der Waals surface area contributed by atoms with Crippen molar-refractivity contribution in [1.82, 2.24) is 4.90 Å². The van der Waals surface area contributed by atoms with Gasteiger partial charge in [-0.1, -0.05) is 91.0 Å². The first-order chi connectivity index (χ1) is 17.0. The van der Waals surface area contributed by atoms with Crippen LogP contribution in [0.2, 0.25) is 0 Å². The zero-order chi connectivity index (χ0) is 27.1. The van der Waals surface area contributed by atoms with Gasteiger partial charge in [-0.3, -0.25) is 0 Å². The van der Waals surface area contributed by atoms with Gasteiger partial charge in [0.05, 0.1) is 0 Å². The Bertz CT molecular complexity index is 915. The van der Waals surface area contributed by atoms with Crippen molar-refractivity contribution in [3.8, 4) is 4.33 Å². The van der Waals surface area contributed by atoms with E-state index in [0.717, 1.165) is 0 Å². The van der Waals surface area contributed by atoms with Crippen molar-refractivity contribution in [1.29, 1.82) is 0 Å². The van der Waals surface area contributed by atoms with Crippen molar-refractivity contribution in [2.45, 2.75) is 39.8 Å². The minimum Gasteiger partial charge on any atom is -0.0622 e. The van der Waals surface area contributed by atoms with E-state index in [0.29, 0.717) is 12.1 Å². The first kappa shape index (κ1) is 35.4. The Hall–Kier alpha value is -1.78. The Kier molecular flexibility index (Phi) is 24.2. The van der Waals surface area contributed by atoms with Crippen LogP contribution in [0.15, 0.2) is 91.0 Å². The molecule has 0 bridgehead atoms. The SMILES string of the molecule is CC(C)N([C]#[W][Br])C(C)C.[C-]#[O+].[C-]#[O+].[C-]#[O+].c1ccc(P(c2ccccc2)c2ccccc2)cc1. The van der Waals surface area contributed by atoms with Crippen LogP contribution in [0.4, 0.5) is 0 Å². The van der Waals surface area contributed by atoms with Crippen molar-refractivity contribution < 1.29 is 29.8 Å². The van der Waals surface area contributed by atoms with Crippen LogP contribution in [-0.2, 0) is 29.8 Å². The van der Waals surface area contributed by atoms with Gasteiger partial charge in [0.1, 0.15) is 0 Å². The van der Waals surface area contributed by atoms with E-state index in [-0.39, 0.29) is 0 Å². The van der Waals surface area contributed by atoms with Crippen LogP contribution in [0.5, 0.6) is 0 Å². The number of hydrogen-bond acceptors (Lipinski definition) is 1. The third-order valence-corrected chi connectivity index (χ3v) is 8.93. The third-order valence-electron chi connectivity index (χ3n) is 4.30. The molecule has 35 heavy (non-hydrogen) atoms. The van der Waals surface area contributed by atoms with E-state index < -0.39 is 23.8 Å². The van der Waals surface area contributed by atoms with Crippen LogP contribution in [0.25, 0.3) is 0 Å². The number of halogens is 1. The fourth-order valence-corrected chi connectivity index (χ4v) is 8.50. The Labute approximate surface area is 225 Å². The second-order valence-electron chi connectivity index (χ2n) is 7.11. The molecular formula is C28H29BrNO3PW.